The molecular formula is C16H15N3O2. The largest absolute Gasteiger partial charge is 0.332 e. The number of amides is 1. The van der Waals surface area contributed by atoms with E-state index < -0.39 is 0 Å². The zero-order chi connectivity index (χ0) is 14.7. The van der Waals surface area contributed by atoms with Crippen LogP contribution in [0.25, 0.3) is 0 Å². The average molecular weight is 281 g/mol. The molecule has 1 aliphatic rings. The van der Waals surface area contributed by atoms with Gasteiger partial charge in [0.25, 0.3) is 0 Å². The van der Waals surface area contributed by atoms with E-state index in [1.54, 1.807) is 23.2 Å². The summed E-state index contributed by atoms with van der Waals surface area (Å²) in [6, 6.07) is 9.06. The van der Waals surface area contributed by atoms with Crippen LogP contribution < -0.4 is 0 Å². The van der Waals surface area contributed by atoms with E-state index >= 15 is 0 Å². The maximum absolute atomic E-state index is 12.2. The second kappa shape index (κ2) is 5.83. The predicted octanol–water partition coefficient (Wildman–Crippen LogP) is 1.98. The number of hydrogen-bond donors (Lipinski definition) is 0. The van der Waals surface area contributed by atoms with Gasteiger partial charge in [0, 0.05) is 36.7 Å². The number of carbonyl (C=O) groups is 2. The minimum Gasteiger partial charge on any atom is -0.332 e. The van der Waals surface area contributed by atoms with Gasteiger partial charge < -0.3 is 4.90 Å². The van der Waals surface area contributed by atoms with Crippen LogP contribution in [0.15, 0.2) is 42.9 Å². The fraction of sp³-hybridized carbons (Fsp3) is 0.250. The molecule has 21 heavy (non-hydrogen) atoms. The van der Waals surface area contributed by atoms with Gasteiger partial charge in [0.05, 0.1) is 12.2 Å². The lowest BCUT2D eigenvalue weighted by molar-refractivity contribution is -0.131. The minimum atomic E-state index is -0.0164. The summed E-state index contributed by atoms with van der Waals surface area (Å²) in [7, 11) is 0. The highest BCUT2D eigenvalue weighted by Gasteiger charge is 2.24. The van der Waals surface area contributed by atoms with Crippen LogP contribution >= 0.6 is 0 Å². The molecule has 106 valence electrons. The molecule has 1 aromatic carbocycles. The van der Waals surface area contributed by atoms with Crippen LogP contribution in [0.1, 0.15) is 34.5 Å². The van der Waals surface area contributed by atoms with Crippen molar-refractivity contribution < 1.29 is 9.59 Å². The molecule has 0 aliphatic carbocycles. The van der Waals surface area contributed by atoms with Crippen LogP contribution in [0.2, 0.25) is 0 Å². The number of Topliss-reactive ketones (excluding diaryl/α,β-unsaturated/α-hetero) is 1. The molecule has 0 spiro atoms. The normalized spacial score (nSPS) is 13.0. The van der Waals surface area contributed by atoms with Crippen molar-refractivity contribution >= 4 is 11.7 Å². The Bertz CT molecular complexity index is 645. The molecule has 5 heteroatoms. The van der Waals surface area contributed by atoms with Gasteiger partial charge in [0.15, 0.2) is 5.78 Å². The molecule has 0 N–H and O–H groups in total. The number of benzene rings is 1. The van der Waals surface area contributed by atoms with Gasteiger partial charge in [-0.25, -0.2) is 9.97 Å². The van der Waals surface area contributed by atoms with Gasteiger partial charge in [-0.05, 0) is 0 Å². The van der Waals surface area contributed by atoms with E-state index in [0.717, 1.165) is 11.3 Å². The van der Waals surface area contributed by atoms with Crippen molar-refractivity contribution in [1.82, 2.24) is 14.9 Å². The number of rotatable bonds is 4. The molecule has 2 heterocycles. The molecule has 0 atom stereocenters. The number of hydrogen-bond acceptors (Lipinski definition) is 4. The van der Waals surface area contributed by atoms with Crippen molar-refractivity contribution in [2.75, 3.05) is 0 Å². The molecule has 0 bridgehead atoms. The fourth-order valence-electron chi connectivity index (χ4n) is 2.42. The highest BCUT2D eigenvalue weighted by atomic mass is 16.2. The summed E-state index contributed by atoms with van der Waals surface area (Å²) in [6.45, 7) is 1.05. The molecular weight excluding hydrogens is 266 g/mol. The molecule has 5 nitrogen and oxygen atoms in total. The third kappa shape index (κ3) is 2.97. The summed E-state index contributed by atoms with van der Waals surface area (Å²) >= 11 is 0. The second-order valence-electron chi connectivity index (χ2n) is 5.03. The van der Waals surface area contributed by atoms with Gasteiger partial charge in [-0.15, -0.1) is 0 Å². The van der Waals surface area contributed by atoms with Crippen molar-refractivity contribution in [3.05, 3.63) is 59.7 Å². The van der Waals surface area contributed by atoms with Gasteiger partial charge in [-0.1, -0.05) is 30.3 Å². The van der Waals surface area contributed by atoms with E-state index in [2.05, 4.69) is 9.97 Å². The number of carbonyl (C=O) groups excluding carboxylic acids is 2. The predicted molar refractivity (Wildman–Crippen MR) is 76.3 cm³/mol. The molecule has 2 aromatic rings. The van der Waals surface area contributed by atoms with Crippen molar-refractivity contribution in [2.45, 2.75) is 25.9 Å². The van der Waals surface area contributed by atoms with E-state index in [4.69, 9.17) is 0 Å². The molecule has 1 aromatic heterocycles. The van der Waals surface area contributed by atoms with Crippen LogP contribution in [-0.2, 0) is 17.9 Å². The Morgan fingerprint density at radius 1 is 1.10 bits per heavy atom. The van der Waals surface area contributed by atoms with Gasteiger partial charge in [-0.3, -0.25) is 9.59 Å². The zero-order valence-electron chi connectivity index (χ0n) is 11.5. The summed E-state index contributed by atoms with van der Waals surface area (Å²) < 4.78 is 0. The monoisotopic (exact) mass is 281 g/mol. The number of aromatic nitrogens is 2. The minimum absolute atomic E-state index is 0.000419. The topological polar surface area (TPSA) is 63.2 Å². The van der Waals surface area contributed by atoms with Crippen molar-refractivity contribution in [2.24, 2.45) is 0 Å². The van der Waals surface area contributed by atoms with E-state index in [0.29, 0.717) is 18.7 Å². The molecule has 0 radical (unpaired) electrons. The second-order valence-corrected chi connectivity index (χ2v) is 5.03. The zero-order valence-corrected chi connectivity index (χ0v) is 11.5. The summed E-state index contributed by atoms with van der Waals surface area (Å²) in [5, 5.41) is 0. The Balaban J connectivity index is 1.55. The lowest BCUT2D eigenvalue weighted by Gasteiger charge is -2.14. The lowest BCUT2D eigenvalue weighted by atomic mass is 10.1. The Morgan fingerprint density at radius 3 is 2.67 bits per heavy atom. The summed E-state index contributed by atoms with van der Waals surface area (Å²) in [5.41, 5.74) is 2.54. The Labute approximate surface area is 122 Å². The SMILES string of the molecule is O=C(CCC(=O)N1Cc2cncnc2C1)c1ccccc1. The van der Waals surface area contributed by atoms with Crippen molar-refractivity contribution in [3.63, 3.8) is 0 Å². The van der Waals surface area contributed by atoms with Crippen LogP contribution in [-0.4, -0.2) is 26.6 Å². The van der Waals surface area contributed by atoms with Gasteiger partial charge in [0.1, 0.15) is 6.33 Å². The first-order chi connectivity index (χ1) is 10.2. The Hall–Kier alpha value is -2.56. The Morgan fingerprint density at radius 2 is 1.90 bits per heavy atom. The van der Waals surface area contributed by atoms with E-state index in [-0.39, 0.29) is 24.5 Å². The standard InChI is InChI=1S/C16H15N3O2/c20-15(12-4-2-1-3-5-12)6-7-16(21)19-9-13-8-17-11-18-14(13)10-19/h1-5,8,11H,6-7,9-10H2. The van der Waals surface area contributed by atoms with E-state index in [1.165, 1.54) is 6.33 Å². The molecule has 1 aliphatic heterocycles. The first kappa shape index (κ1) is 13.4. The summed E-state index contributed by atoms with van der Waals surface area (Å²) in [6.07, 6.45) is 3.70. The summed E-state index contributed by atoms with van der Waals surface area (Å²) in [5.74, 6) is -0.0160. The number of fused-ring (bicyclic) bond motifs is 1. The van der Waals surface area contributed by atoms with Gasteiger partial charge in [0.2, 0.25) is 5.91 Å². The fourth-order valence-corrected chi connectivity index (χ4v) is 2.42. The van der Waals surface area contributed by atoms with Crippen molar-refractivity contribution in [3.8, 4) is 0 Å². The first-order valence-electron chi connectivity index (χ1n) is 6.88. The molecule has 3 rings (SSSR count). The smallest absolute Gasteiger partial charge is 0.223 e. The van der Waals surface area contributed by atoms with Gasteiger partial charge >= 0.3 is 0 Å². The van der Waals surface area contributed by atoms with Crippen LogP contribution in [0.5, 0.6) is 0 Å². The van der Waals surface area contributed by atoms with E-state index in [9.17, 15) is 9.59 Å². The highest BCUT2D eigenvalue weighted by Crippen LogP contribution is 2.20. The average Bonchev–Trinajstić information content (AvgIpc) is 2.97. The highest BCUT2D eigenvalue weighted by molar-refractivity contribution is 5.97. The molecule has 0 saturated carbocycles. The van der Waals surface area contributed by atoms with Gasteiger partial charge in [-0.2, -0.15) is 0 Å². The van der Waals surface area contributed by atoms with E-state index in [1.807, 2.05) is 18.2 Å². The van der Waals surface area contributed by atoms with Crippen LogP contribution in [0.3, 0.4) is 0 Å². The summed E-state index contributed by atoms with van der Waals surface area (Å²) in [4.78, 5) is 34.0. The number of ketones is 1. The Kier molecular flexibility index (Phi) is 3.73. The third-order valence-electron chi connectivity index (χ3n) is 3.60. The molecule has 0 saturated heterocycles. The van der Waals surface area contributed by atoms with Crippen molar-refractivity contribution in [1.29, 1.82) is 0 Å². The maximum Gasteiger partial charge on any atom is 0.223 e. The quantitative estimate of drug-likeness (QED) is 0.804. The first-order valence-corrected chi connectivity index (χ1v) is 6.88. The molecule has 1 amide bonds. The molecule has 0 unspecified atom stereocenters. The maximum atomic E-state index is 12.2. The third-order valence-corrected chi connectivity index (χ3v) is 3.60. The van der Waals surface area contributed by atoms with Crippen LogP contribution in [0.4, 0.5) is 0 Å². The van der Waals surface area contributed by atoms with Crippen LogP contribution in [0, 0.1) is 0 Å². The lowest BCUT2D eigenvalue weighted by Crippen LogP contribution is -2.25. The number of nitrogens with zero attached hydrogens (tertiary/aromatic N) is 3. The molecule has 0 fully saturated rings.